The molecular formula is C15H17N3O3. The Morgan fingerprint density at radius 2 is 1.95 bits per heavy atom. The minimum absolute atomic E-state index is 0.0579. The number of carbonyl (C=O) groups is 2. The van der Waals surface area contributed by atoms with E-state index in [0.29, 0.717) is 12.8 Å². The summed E-state index contributed by atoms with van der Waals surface area (Å²) in [5, 5.41) is 15.3. The maximum atomic E-state index is 11.5. The quantitative estimate of drug-likeness (QED) is 0.806. The molecule has 2 N–H and O–H groups in total. The fraction of sp³-hybridized carbons (Fsp3) is 0.267. The van der Waals surface area contributed by atoms with E-state index >= 15 is 0 Å². The molecule has 0 aliphatic rings. The van der Waals surface area contributed by atoms with Crippen LogP contribution in [0.5, 0.6) is 0 Å². The summed E-state index contributed by atoms with van der Waals surface area (Å²) in [6.07, 6.45) is 4.46. The van der Waals surface area contributed by atoms with Gasteiger partial charge in [0.15, 0.2) is 0 Å². The van der Waals surface area contributed by atoms with Crippen LogP contribution in [0.1, 0.15) is 18.4 Å². The number of carbonyl (C=O) groups excluding carboxylic acids is 1. The fourth-order valence-electron chi connectivity index (χ4n) is 1.87. The first-order valence-corrected chi connectivity index (χ1v) is 6.72. The predicted octanol–water partition coefficient (Wildman–Crippen LogP) is 1.40. The molecule has 6 nitrogen and oxygen atoms in total. The van der Waals surface area contributed by atoms with Gasteiger partial charge in [0.1, 0.15) is 0 Å². The second-order valence-corrected chi connectivity index (χ2v) is 4.62. The summed E-state index contributed by atoms with van der Waals surface area (Å²) in [4.78, 5) is 21.9. The van der Waals surface area contributed by atoms with Crippen LogP contribution in [-0.4, -0.2) is 33.3 Å². The van der Waals surface area contributed by atoms with Gasteiger partial charge in [0.2, 0.25) is 5.91 Å². The van der Waals surface area contributed by atoms with Crippen LogP contribution in [0.15, 0.2) is 42.7 Å². The number of nitrogens with one attached hydrogen (secondary N) is 1. The number of rotatable bonds is 7. The summed E-state index contributed by atoms with van der Waals surface area (Å²) in [5.41, 5.74) is 1.93. The largest absolute Gasteiger partial charge is 0.481 e. The van der Waals surface area contributed by atoms with E-state index in [-0.39, 0.29) is 18.9 Å². The van der Waals surface area contributed by atoms with Crippen molar-refractivity contribution < 1.29 is 14.7 Å². The topological polar surface area (TPSA) is 84.2 Å². The second-order valence-electron chi connectivity index (χ2n) is 4.62. The van der Waals surface area contributed by atoms with Gasteiger partial charge in [-0.15, -0.1) is 0 Å². The molecule has 0 fully saturated rings. The van der Waals surface area contributed by atoms with E-state index in [0.717, 1.165) is 11.3 Å². The van der Waals surface area contributed by atoms with E-state index in [9.17, 15) is 9.59 Å². The fourth-order valence-corrected chi connectivity index (χ4v) is 1.87. The molecule has 1 aromatic heterocycles. The molecule has 0 aliphatic carbocycles. The SMILES string of the molecule is O=C(O)CCNC(=O)CCc1cnn(-c2ccccc2)c1. The number of benzene rings is 1. The van der Waals surface area contributed by atoms with Crippen LogP contribution < -0.4 is 5.32 Å². The van der Waals surface area contributed by atoms with Gasteiger partial charge < -0.3 is 10.4 Å². The molecule has 0 saturated carbocycles. The highest BCUT2D eigenvalue weighted by atomic mass is 16.4. The van der Waals surface area contributed by atoms with Gasteiger partial charge in [0.05, 0.1) is 18.3 Å². The molecule has 6 heteroatoms. The maximum absolute atomic E-state index is 11.5. The van der Waals surface area contributed by atoms with Crippen molar-refractivity contribution >= 4 is 11.9 Å². The van der Waals surface area contributed by atoms with Crippen molar-refractivity contribution in [3.05, 3.63) is 48.3 Å². The number of aliphatic carboxylic acids is 1. The van der Waals surface area contributed by atoms with E-state index < -0.39 is 5.97 Å². The van der Waals surface area contributed by atoms with E-state index in [4.69, 9.17) is 5.11 Å². The number of hydrogen-bond donors (Lipinski definition) is 2. The van der Waals surface area contributed by atoms with Crippen LogP contribution in [0.2, 0.25) is 0 Å². The zero-order chi connectivity index (χ0) is 15.1. The van der Waals surface area contributed by atoms with Gasteiger partial charge in [-0.05, 0) is 24.1 Å². The molecule has 1 amide bonds. The Morgan fingerprint density at radius 1 is 1.19 bits per heavy atom. The van der Waals surface area contributed by atoms with Gasteiger partial charge in [0, 0.05) is 19.2 Å². The normalized spacial score (nSPS) is 10.3. The Labute approximate surface area is 122 Å². The highest BCUT2D eigenvalue weighted by molar-refractivity contribution is 5.77. The third-order valence-electron chi connectivity index (χ3n) is 2.96. The minimum Gasteiger partial charge on any atom is -0.481 e. The lowest BCUT2D eigenvalue weighted by molar-refractivity contribution is -0.136. The van der Waals surface area contributed by atoms with Crippen LogP contribution in [0.25, 0.3) is 5.69 Å². The first-order valence-electron chi connectivity index (χ1n) is 6.72. The van der Waals surface area contributed by atoms with Crippen molar-refractivity contribution in [1.82, 2.24) is 15.1 Å². The van der Waals surface area contributed by atoms with Crippen LogP contribution in [-0.2, 0) is 16.0 Å². The third kappa shape index (κ3) is 4.76. The Morgan fingerprint density at radius 3 is 2.67 bits per heavy atom. The molecule has 21 heavy (non-hydrogen) atoms. The van der Waals surface area contributed by atoms with E-state index in [1.807, 2.05) is 36.5 Å². The lowest BCUT2D eigenvalue weighted by Gasteiger charge is -2.02. The standard InChI is InChI=1S/C15H17N3O3/c19-14(16-9-8-15(20)21)7-6-12-10-17-18(11-12)13-4-2-1-3-5-13/h1-5,10-11H,6-9H2,(H,16,19)(H,20,21). The number of amides is 1. The van der Waals surface area contributed by atoms with Crippen molar-refractivity contribution in [3.63, 3.8) is 0 Å². The number of hydrogen-bond acceptors (Lipinski definition) is 3. The first-order chi connectivity index (χ1) is 10.1. The van der Waals surface area contributed by atoms with Crippen LogP contribution in [0.4, 0.5) is 0 Å². The summed E-state index contributed by atoms with van der Waals surface area (Å²) in [7, 11) is 0. The van der Waals surface area contributed by atoms with Crippen molar-refractivity contribution in [3.8, 4) is 5.69 Å². The molecule has 0 bridgehead atoms. The number of carboxylic acid groups (broad SMARTS) is 1. The van der Waals surface area contributed by atoms with Crippen molar-refractivity contribution in [2.45, 2.75) is 19.3 Å². The predicted molar refractivity (Wildman–Crippen MR) is 77.1 cm³/mol. The molecule has 0 saturated heterocycles. The number of aromatic nitrogens is 2. The summed E-state index contributed by atoms with van der Waals surface area (Å²) in [5.74, 6) is -1.07. The van der Waals surface area contributed by atoms with Crippen molar-refractivity contribution in [2.75, 3.05) is 6.54 Å². The Kier molecular flexibility index (Phi) is 5.09. The lowest BCUT2D eigenvalue weighted by Crippen LogP contribution is -2.26. The van der Waals surface area contributed by atoms with Gasteiger partial charge in [0.25, 0.3) is 0 Å². The highest BCUT2D eigenvalue weighted by Crippen LogP contribution is 2.09. The smallest absolute Gasteiger partial charge is 0.305 e. The third-order valence-corrected chi connectivity index (χ3v) is 2.96. The summed E-state index contributed by atoms with van der Waals surface area (Å²) in [6.45, 7) is 0.164. The molecule has 1 aromatic carbocycles. The van der Waals surface area contributed by atoms with Gasteiger partial charge >= 0.3 is 5.97 Å². The zero-order valence-corrected chi connectivity index (χ0v) is 11.5. The maximum Gasteiger partial charge on any atom is 0.305 e. The number of para-hydroxylation sites is 1. The van der Waals surface area contributed by atoms with E-state index in [2.05, 4.69) is 10.4 Å². The van der Waals surface area contributed by atoms with Crippen molar-refractivity contribution in [1.29, 1.82) is 0 Å². The molecule has 0 atom stereocenters. The van der Waals surface area contributed by atoms with Crippen molar-refractivity contribution in [2.24, 2.45) is 0 Å². The van der Waals surface area contributed by atoms with E-state index in [1.54, 1.807) is 10.9 Å². The second kappa shape index (κ2) is 7.23. The van der Waals surface area contributed by atoms with Crippen LogP contribution >= 0.6 is 0 Å². The Balaban J connectivity index is 1.80. The minimum atomic E-state index is -0.917. The number of aryl methyl sites for hydroxylation is 1. The van der Waals surface area contributed by atoms with Crippen LogP contribution in [0.3, 0.4) is 0 Å². The molecule has 110 valence electrons. The lowest BCUT2D eigenvalue weighted by atomic mass is 10.2. The average Bonchev–Trinajstić information content (AvgIpc) is 2.94. The molecule has 0 spiro atoms. The molecule has 0 aliphatic heterocycles. The Hall–Kier alpha value is -2.63. The van der Waals surface area contributed by atoms with Crippen LogP contribution in [0, 0.1) is 0 Å². The molecule has 1 heterocycles. The molecule has 2 rings (SSSR count). The first kappa shape index (κ1) is 14.8. The van der Waals surface area contributed by atoms with Gasteiger partial charge in [-0.1, -0.05) is 18.2 Å². The summed E-state index contributed by atoms with van der Waals surface area (Å²) >= 11 is 0. The Bertz CT molecular complexity index is 608. The number of carboxylic acids is 1. The number of nitrogens with zero attached hydrogens (tertiary/aromatic N) is 2. The molecular weight excluding hydrogens is 270 g/mol. The van der Waals surface area contributed by atoms with E-state index in [1.165, 1.54) is 0 Å². The monoisotopic (exact) mass is 287 g/mol. The summed E-state index contributed by atoms with van der Waals surface area (Å²) in [6, 6.07) is 9.72. The molecule has 0 unspecified atom stereocenters. The molecule has 2 aromatic rings. The highest BCUT2D eigenvalue weighted by Gasteiger charge is 2.05. The zero-order valence-electron chi connectivity index (χ0n) is 11.5. The summed E-state index contributed by atoms with van der Waals surface area (Å²) < 4.78 is 1.76. The van der Waals surface area contributed by atoms with Gasteiger partial charge in [-0.3, -0.25) is 9.59 Å². The van der Waals surface area contributed by atoms with Gasteiger partial charge in [-0.25, -0.2) is 4.68 Å². The molecule has 0 radical (unpaired) electrons. The van der Waals surface area contributed by atoms with Gasteiger partial charge in [-0.2, -0.15) is 5.10 Å². The average molecular weight is 287 g/mol.